The molecule has 87 heavy (non-hydrogen) atoms. The topological polar surface area (TPSA) is 436 Å². The molecule has 4 heterocycles. The number of carbonyl (C=O) groups is 14. The Labute approximate surface area is 495 Å². The molecule has 0 aromatic rings. The van der Waals surface area contributed by atoms with Crippen molar-refractivity contribution in [2.75, 3.05) is 26.4 Å². The molecule has 0 spiro atoms. The largest absolute Gasteiger partial charge is 0.463 e. The van der Waals surface area contributed by atoms with Crippen LogP contribution >= 0.6 is 0 Å². The van der Waals surface area contributed by atoms with Crippen molar-refractivity contribution in [3.8, 4) is 0 Å². The van der Waals surface area contributed by atoms with E-state index in [1.54, 1.807) is 0 Å². The molecule has 1 N–H and O–H groups in total. The molecule has 0 aliphatic carbocycles. The molecule has 4 rings (SSSR count). The Hall–Kier alpha value is -7.70. The maximum atomic E-state index is 13.5. The first-order valence-electron chi connectivity index (χ1n) is 26.6. The Morgan fingerprint density at radius 2 is 0.460 bits per heavy atom. The molecule has 0 aromatic carbocycles. The van der Waals surface area contributed by atoms with Gasteiger partial charge in [0.15, 0.2) is 80.0 Å². The van der Waals surface area contributed by atoms with Gasteiger partial charge in [-0.3, -0.25) is 67.1 Å². The van der Waals surface area contributed by atoms with Gasteiger partial charge in [0.25, 0.3) is 0 Å². The number of hydrogen-bond donors (Lipinski definition) is 1. The van der Waals surface area contributed by atoms with Crippen molar-refractivity contribution in [3.05, 3.63) is 0 Å². The molecule has 4 saturated heterocycles. The van der Waals surface area contributed by atoms with E-state index < -0.39 is 233 Å². The third kappa shape index (κ3) is 21.9. The van der Waals surface area contributed by atoms with Gasteiger partial charge in [-0.2, -0.15) is 0 Å². The standard InChI is InChI=1S/C52H71NO34/c1-19(54)53-49-45(41(76-28(10)63)37(72-24(6)59)33(81-49)15-68-20(2)55)87-52-48(80-32(14)67)44(40(75-27(9)62)36(84-52)18-71-23(5)58)86-51-47(79-31(13)66)43(39(74-26(8)61)35(83-51)17-70-22(4)57)85-50-46(78-30(12)65)42(77-29(11)64)38(73-25(7)60)34(82-50)16-69-21(3)56/h33-52H,15-18H2,1-14H3,(H,53,54)/t33-,34-,35-,36-,37-,38-,39-,40-,41+,42+,43+,44+,45+,46+,47+,48+,49-,50-,51-,52-/m1/s1. The maximum absolute atomic E-state index is 13.5. The molecular formula is C52H71NO34. The predicted octanol–water partition coefficient (Wildman–Crippen LogP) is -2.18. The minimum absolute atomic E-state index is 0.686. The number of ether oxygens (including phenoxy) is 20. The molecule has 4 aliphatic heterocycles. The number of carbonyl (C=O) groups excluding carboxylic acids is 14. The van der Waals surface area contributed by atoms with E-state index >= 15 is 0 Å². The summed E-state index contributed by atoms with van der Waals surface area (Å²) in [7, 11) is 0. The first-order valence-corrected chi connectivity index (χ1v) is 26.6. The third-order valence-corrected chi connectivity index (χ3v) is 12.1. The van der Waals surface area contributed by atoms with Crippen LogP contribution < -0.4 is 5.32 Å². The van der Waals surface area contributed by atoms with Crippen LogP contribution in [0.15, 0.2) is 0 Å². The lowest BCUT2D eigenvalue weighted by molar-refractivity contribution is -0.387. The SMILES string of the molecule is CC(=O)N[C@@H]1O[C@H](COC(C)=O)[C@@H](OC(C)=O)[C@H](OC(C)=O)[C@@H]1O[C@H]1O[C@H](COC(C)=O)[C@@H](OC(C)=O)[C@H](O[C@H]2O[C@H](COC(C)=O)[C@@H](OC(C)=O)[C@H](O[C@H]3O[C@H](COC(C)=O)[C@@H](OC(C)=O)[C@H](OC(C)=O)[C@@H]3OC(C)=O)[C@@H]2OC(C)=O)[C@@H]1OC(C)=O. The molecule has 0 radical (unpaired) electrons. The Bertz CT molecular complexity index is 2540. The second kappa shape index (κ2) is 32.9. The van der Waals surface area contributed by atoms with Gasteiger partial charge >= 0.3 is 77.6 Å². The average molecular weight is 1250 g/mol. The zero-order valence-corrected chi connectivity index (χ0v) is 49.8. The van der Waals surface area contributed by atoms with Crippen molar-refractivity contribution in [2.45, 2.75) is 220 Å². The normalized spacial score (nSPS) is 31.9. The summed E-state index contributed by atoms with van der Waals surface area (Å²) in [6.45, 7) is 9.98. The first kappa shape index (κ1) is 71.8. The molecule has 20 atom stereocenters. The van der Waals surface area contributed by atoms with Gasteiger partial charge in [0.05, 0.1) is 0 Å². The number of rotatable bonds is 24. The van der Waals surface area contributed by atoms with Crippen molar-refractivity contribution in [3.63, 3.8) is 0 Å². The minimum atomic E-state index is -2.32. The fourth-order valence-corrected chi connectivity index (χ4v) is 9.39. The van der Waals surface area contributed by atoms with Crippen molar-refractivity contribution in [2.24, 2.45) is 0 Å². The molecule has 1 amide bonds. The monoisotopic (exact) mass is 1250 g/mol. The van der Waals surface area contributed by atoms with E-state index in [9.17, 15) is 67.1 Å². The van der Waals surface area contributed by atoms with Crippen molar-refractivity contribution < 1.29 is 162 Å². The van der Waals surface area contributed by atoms with Gasteiger partial charge in [0.2, 0.25) is 5.91 Å². The smallest absolute Gasteiger partial charge is 0.303 e. The zero-order valence-electron chi connectivity index (χ0n) is 49.8. The Morgan fingerprint density at radius 3 is 0.713 bits per heavy atom. The van der Waals surface area contributed by atoms with E-state index in [1.807, 2.05) is 0 Å². The van der Waals surface area contributed by atoms with Gasteiger partial charge in [-0.25, -0.2) is 0 Å². The van der Waals surface area contributed by atoms with Gasteiger partial charge in [0, 0.05) is 96.9 Å². The highest BCUT2D eigenvalue weighted by Gasteiger charge is 2.62. The summed E-state index contributed by atoms with van der Waals surface area (Å²) in [4.78, 5) is 179. The number of hydrogen-bond acceptors (Lipinski definition) is 34. The van der Waals surface area contributed by atoms with E-state index in [0.717, 1.165) is 96.9 Å². The first-order chi connectivity index (χ1) is 40.6. The summed E-state index contributed by atoms with van der Waals surface area (Å²) in [5.41, 5.74) is 0. The Balaban J connectivity index is 2.08. The van der Waals surface area contributed by atoms with Crippen LogP contribution in [0.4, 0.5) is 0 Å². The lowest BCUT2D eigenvalue weighted by Gasteiger charge is -2.51. The minimum Gasteiger partial charge on any atom is -0.463 e. The highest BCUT2D eigenvalue weighted by Crippen LogP contribution is 2.40. The molecule has 0 bridgehead atoms. The summed E-state index contributed by atoms with van der Waals surface area (Å²) in [5, 5.41) is 2.44. The fraction of sp³-hybridized carbons (Fsp3) is 0.731. The van der Waals surface area contributed by atoms with Gasteiger partial charge < -0.3 is 100 Å². The van der Waals surface area contributed by atoms with Crippen LogP contribution in [0.1, 0.15) is 96.9 Å². The summed E-state index contributed by atoms with van der Waals surface area (Å²) < 4.78 is 116. The molecule has 4 aliphatic rings. The van der Waals surface area contributed by atoms with Crippen molar-refractivity contribution in [1.82, 2.24) is 5.32 Å². The highest BCUT2D eigenvalue weighted by atomic mass is 16.8. The molecule has 0 aromatic heterocycles. The molecule has 0 unspecified atom stereocenters. The van der Waals surface area contributed by atoms with Crippen LogP contribution in [0.5, 0.6) is 0 Å². The van der Waals surface area contributed by atoms with E-state index in [0.29, 0.717) is 0 Å². The zero-order chi connectivity index (χ0) is 65.3. The van der Waals surface area contributed by atoms with Gasteiger partial charge in [-0.1, -0.05) is 0 Å². The number of esters is 13. The van der Waals surface area contributed by atoms with Gasteiger partial charge in [-0.15, -0.1) is 0 Å². The van der Waals surface area contributed by atoms with E-state index in [2.05, 4.69) is 5.32 Å². The summed E-state index contributed by atoms with van der Waals surface area (Å²) >= 11 is 0. The van der Waals surface area contributed by atoms with Crippen molar-refractivity contribution in [1.29, 1.82) is 0 Å². The van der Waals surface area contributed by atoms with Crippen LogP contribution in [0.3, 0.4) is 0 Å². The molecule has 0 saturated carbocycles. The maximum Gasteiger partial charge on any atom is 0.303 e. The van der Waals surface area contributed by atoms with E-state index in [4.69, 9.17) is 94.7 Å². The van der Waals surface area contributed by atoms with Crippen LogP contribution in [-0.2, 0) is 162 Å². The molecule has 488 valence electrons. The predicted molar refractivity (Wildman–Crippen MR) is 270 cm³/mol. The molecular weight excluding hydrogens is 1180 g/mol. The Morgan fingerprint density at radius 1 is 0.253 bits per heavy atom. The molecule has 35 nitrogen and oxygen atoms in total. The number of nitrogens with one attached hydrogen (secondary N) is 1. The van der Waals surface area contributed by atoms with Gasteiger partial charge in [0.1, 0.15) is 69.2 Å². The second-order valence-electron chi connectivity index (χ2n) is 19.6. The van der Waals surface area contributed by atoms with E-state index in [1.165, 1.54) is 0 Å². The van der Waals surface area contributed by atoms with Gasteiger partial charge in [-0.05, 0) is 0 Å². The van der Waals surface area contributed by atoms with Crippen LogP contribution in [0.2, 0.25) is 0 Å². The van der Waals surface area contributed by atoms with Crippen LogP contribution in [0.25, 0.3) is 0 Å². The second-order valence-corrected chi connectivity index (χ2v) is 19.6. The quantitative estimate of drug-likeness (QED) is 0.0792. The summed E-state index contributed by atoms with van der Waals surface area (Å²) in [6.07, 6.45) is -39.4. The lowest BCUT2D eigenvalue weighted by atomic mass is 9.94. The van der Waals surface area contributed by atoms with Crippen LogP contribution in [-0.4, -0.2) is 233 Å². The van der Waals surface area contributed by atoms with Crippen molar-refractivity contribution >= 4 is 83.5 Å². The third-order valence-electron chi connectivity index (χ3n) is 12.1. The molecule has 4 fully saturated rings. The Kier molecular flexibility index (Phi) is 27.1. The lowest BCUT2D eigenvalue weighted by Crippen LogP contribution is -2.70. The average Bonchev–Trinajstić information content (AvgIpc) is 0.954. The fourth-order valence-electron chi connectivity index (χ4n) is 9.39. The van der Waals surface area contributed by atoms with E-state index in [-0.39, 0.29) is 0 Å². The highest BCUT2D eigenvalue weighted by molar-refractivity contribution is 5.74. The summed E-state index contributed by atoms with van der Waals surface area (Å²) in [6, 6.07) is 0. The molecule has 35 heteroatoms. The number of amides is 1. The summed E-state index contributed by atoms with van der Waals surface area (Å²) in [5.74, 6) is -14.4. The van der Waals surface area contributed by atoms with Crippen LogP contribution in [0, 0.1) is 0 Å².